The van der Waals surface area contributed by atoms with E-state index >= 15 is 0 Å². The maximum Gasteiger partial charge on any atom is 0.162 e. The van der Waals surface area contributed by atoms with Crippen LogP contribution in [0.2, 0.25) is 0 Å². The van der Waals surface area contributed by atoms with E-state index in [0.717, 1.165) is 19.3 Å². The van der Waals surface area contributed by atoms with Crippen LogP contribution in [0.3, 0.4) is 0 Å². The van der Waals surface area contributed by atoms with E-state index in [1.54, 1.807) is 6.07 Å². The molecule has 21 heavy (non-hydrogen) atoms. The maximum atomic E-state index is 13.8. The number of carbonyl (C=O) groups is 1. The van der Waals surface area contributed by atoms with Crippen molar-refractivity contribution in [2.24, 2.45) is 0 Å². The Morgan fingerprint density at radius 2 is 2.29 bits per heavy atom. The van der Waals surface area contributed by atoms with E-state index < -0.39 is 5.82 Å². The molecular weight excluding hydrogens is 275 g/mol. The third-order valence-corrected chi connectivity index (χ3v) is 4.14. The topological polar surface area (TPSA) is 44.8 Å². The second kappa shape index (κ2) is 5.73. The van der Waals surface area contributed by atoms with E-state index in [-0.39, 0.29) is 23.1 Å². The van der Waals surface area contributed by atoms with Crippen LogP contribution in [-0.2, 0) is 9.47 Å². The van der Waals surface area contributed by atoms with Crippen LogP contribution >= 0.6 is 0 Å². The van der Waals surface area contributed by atoms with Gasteiger partial charge in [-0.2, -0.15) is 0 Å². The molecule has 0 amide bonds. The smallest absolute Gasteiger partial charge is 0.162 e. The van der Waals surface area contributed by atoms with E-state index in [2.05, 4.69) is 0 Å². The minimum atomic E-state index is -0.536. The zero-order valence-corrected chi connectivity index (χ0v) is 12.1. The summed E-state index contributed by atoms with van der Waals surface area (Å²) in [6.45, 7) is 3.29. The van der Waals surface area contributed by atoms with E-state index in [1.165, 1.54) is 19.1 Å². The zero-order chi connectivity index (χ0) is 14.9. The molecule has 1 aromatic carbocycles. The average molecular weight is 294 g/mol. The summed E-state index contributed by atoms with van der Waals surface area (Å²) in [6, 6.07) is 4.40. The molecule has 3 rings (SSSR count). The Labute approximate surface area is 123 Å². The lowest BCUT2D eigenvalue weighted by Gasteiger charge is -2.37. The highest BCUT2D eigenvalue weighted by Crippen LogP contribution is 2.34. The molecule has 1 spiro atoms. The predicted octanol–water partition coefficient (Wildman–Crippen LogP) is 2.75. The van der Waals surface area contributed by atoms with E-state index in [9.17, 15) is 9.18 Å². The van der Waals surface area contributed by atoms with Crippen LogP contribution in [0.5, 0.6) is 5.75 Å². The number of carbonyl (C=O) groups excluding carboxylic acids is 1. The van der Waals surface area contributed by atoms with Gasteiger partial charge in [-0.1, -0.05) is 0 Å². The van der Waals surface area contributed by atoms with Gasteiger partial charge in [0.25, 0.3) is 0 Å². The molecule has 114 valence electrons. The van der Waals surface area contributed by atoms with Crippen molar-refractivity contribution in [3.05, 3.63) is 29.6 Å². The summed E-state index contributed by atoms with van der Waals surface area (Å²) in [5, 5.41) is 0. The van der Waals surface area contributed by atoms with Crippen molar-refractivity contribution >= 4 is 5.78 Å². The number of ether oxygens (including phenoxy) is 3. The largest absolute Gasteiger partial charge is 0.490 e. The first-order chi connectivity index (χ1) is 10.1. The molecule has 0 radical (unpaired) electrons. The van der Waals surface area contributed by atoms with Gasteiger partial charge < -0.3 is 14.2 Å². The summed E-state index contributed by atoms with van der Waals surface area (Å²) in [7, 11) is 0. The highest BCUT2D eigenvalue weighted by atomic mass is 19.1. The minimum Gasteiger partial charge on any atom is -0.490 e. The average Bonchev–Trinajstić information content (AvgIpc) is 2.86. The van der Waals surface area contributed by atoms with Crippen molar-refractivity contribution in [3.8, 4) is 5.75 Å². The van der Waals surface area contributed by atoms with Gasteiger partial charge in [-0.05, 0) is 19.1 Å². The van der Waals surface area contributed by atoms with Crippen LogP contribution in [0.4, 0.5) is 4.39 Å². The van der Waals surface area contributed by atoms with Gasteiger partial charge in [-0.15, -0.1) is 0 Å². The van der Waals surface area contributed by atoms with Gasteiger partial charge in [0.1, 0.15) is 17.7 Å². The summed E-state index contributed by atoms with van der Waals surface area (Å²) in [4.78, 5) is 11.2. The molecule has 0 saturated carbocycles. The summed E-state index contributed by atoms with van der Waals surface area (Å²) >= 11 is 0. The van der Waals surface area contributed by atoms with Gasteiger partial charge in [0.2, 0.25) is 0 Å². The molecule has 4 nitrogen and oxygen atoms in total. The van der Waals surface area contributed by atoms with Crippen molar-refractivity contribution in [1.82, 2.24) is 0 Å². The van der Waals surface area contributed by atoms with Gasteiger partial charge in [-0.25, -0.2) is 4.39 Å². The number of halogens is 1. The van der Waals surface area contributed by atoms with Gasteiger partial charge in [0, 0.05) is 31.9 Å². The molecule has 1 aromatic rings. The lowest BCUT2D eigenvalue weighted by atomic mass is 9.91. The summed E-state index contributed by atoms with van der Waals surface area (Å²) in [5.74, 6) is -0.364. The Kier molecular flexibility index (Phi) is 3.95. The first kappa shape index (κ1) is 14.5. The number of ketones is 1. The molecule has 0 N–H and O–H groups in total. The molecule has 2 unspecified atom stereocenters. The maximum absolute atomic E-state index is 13.8. The summed E-state index contributed by atoms with van der Waals surface area (Å²) in [6.07, 6.45) is 2.40. The fourth-order valence-electron chi connectivity index (χ4n) is 2.99. The van der Waals surface area contributed by atoms with E-state index in [4.69, 9.17) is 14.2 Å². The van der Waals surface area contributed by atoms with Crippen molar-refractivity contribution in [3.63, 3.8) is 0 Å². The zero-order valence-electron chi connectivity index (χ0n) is 12.1. The lowest BCUT2D eigenvalue weighted by Crippen LogP contribution is -2.44. The van der Waals surface area contributed by atoms with Gasteiger partial charge in [0.05, 0.1) is 24.4 Å². The van der Waals surface area contributed by atoms with E-state index in [1.807, 2.05) is 0 Å². The molecule has 0 aromatic heterocycles. The van der Waals surface area contributed by atoms with Crippen LogP contribution in [0, 0.1) is 5.82 Å². The minimum absolute atomic E-state index is 0.0111. The quantitative estimate of drug-likeness (QED) is 0.804. The standard InChI is InChI=1S/C16H19FO4/c1-11(18)14-3-2-12(8-15(14)17)21-13-4-6-20-16(9-13)5-7-19-10-16/h2-3,8,13H,4-7,9-10H2,1H3. The van der Waals surface area contributed by atoms with Gasteiger partial charge >= 0.3 is 0 Å². The van der Waals surface area contributed by atoms with Crippen molar-refractivity contribution < 1.29 is 23.4 Å². The lowest BCUT2D eigenvalue weighted by molar-refractivity contribution is -0.112. The molecule has 2 atom stereocenters. The third-order valence-electron chi connectivity index (χ3n) is 4.14. The van der Waals surface area contributed by atoms with Gasteiger partial charge in [0.15, 0.2) is 5.78 Å². The summed E-state index contributed by atoms with van der Waals surface area (Å²) < 4.78 is 30.9. The molecule has 2 fully saturated rings. The third kappa shape index (κ3) is 3.09. The highest BCUT2D eigenvalue weighted by molar-refractivity contribution is 5.94. The fourth-order valence-corrected chi connectivity index (χ4v) is 2.99. The number of rotatable bonds is 3. The van der Waals surface area contributed by atoms with E-state index in [0.29, 0.717) is 25.6 Å². The van der Waals surface area contributed by atoms with Crippen molar-refractivity contribution in [2.45, 2.75) is 37.9 Å². The normalized spacial score (nSPS) is 28.8. The Morgan fingerprint density at radius 3 is 2.95 bits per heavy atom. The SMILES string of the molecule is CC(=O)c1ccc(OC2CCOC3(CCOC3)C2)cc1F. The number of hydrogen-bond donors (Lipinski definition) is 0. The van der Waals surface area contributed by atoms with Crippen LogP contribution < -0.4 is 4.74 Å². The van der Waals surface area contributed by atoms with Crippen LogP contribution in [0.1, 0.15) is 36.5 Å². The molecule has 0 aliphatic carbocycles. The second-order valence-corrected chi connectivity index (χ2v) is 5.76. The Morgan fingerprint density at radius 1 is 1.43 bits per heavy atom. The Balaban J connectivity index is 1.68. The van der Waals surface area contributed by atoms with Crippen molar-refractivity contribution in [2.75, 3.05) is 19.8 Å². The molecule has 2 saturated heterocycles. The number of benzene rings is 1. The molecular formula is C16H19FO4. The predicted molar refractivity (Wildman–Crippen MR) is 74.2 cm³/mol. The van der Waals surface area contributed by atoms with Crippen molar-refractivity contribution in [1.29, 1.82) is 0 Å². The molecule has 2 heterocycles. The number of hydrogen-bond acceptors (Lipinski definition) is 4. The summed E-state index contributed by atoms with van der Waals surface area (Å²) in [5.41, 5.74) is -0.143. The molecule has 0 bridgehead atoms. The molecule has 5 heteroatoms. The monoisotopic (exact) mass is 294 g/mol. The first-order valence-corrected chi connectivity index (χ1v) is 7.27. The fraction of sp³-hybridized carbons (Fsp3) is 0.562. The number of Topliss-reactive ketones (excluding diaryl/α,β-unsaturated/α-hetero) is 1. The highest BCUT2D eigenvalue weighted by Gasteiger charge is 2.41. The second-order valence-electron chi connectivity index (χ2n) is 5.76. The molecule has 2 aliphatic heterocycles. The first-order valence-electron chi connectivity index (χ1n) is 7.27. The van der Waals surface area contributed by atoms with Crippen LogP contribution in [0.15, 0.2) is 18.2 Å². The van der Waals surface area contributed by atoms with Crippen LogP contribution in [-0.4, -0.2) is 37.3 Å². The van der Waals surface area contributed by atoms with Gasteiger partial charge in [-0.3, -0.25) is 4.79 Å². The Hall–Kier alpha value is -1.46. The Bertz CT molecular complexity index is 537. The van der Waals surface area contributed by atoms with Crippen LogP contribution in [0.25, 0.3) is 0 Å². The molecule has 2 aliphatic rings.